The van der Waals surface area contributed by atoms with Crippen molar-refractivity contribution >= 4 is 21.8 Å². The van der Waals surface area contributed by atoms with E-state index in [9.17, 15) is 4.79 Å². The molecule has 1 fully saturated rings. The fraction of sp³-hybridized carbons (Fsp3) is 0.500. The number of hydrogen-bond donors (Lipinski definition) is 0. The van der Waals surface area contributed by atoms with Crippen LogP contribution in [0.15, 0.2) is 28.7 Å². The van der Waals surface area contributed by atoms with Crippen LogP contribution in [-0.2, 0) is 0 Å². The molecule has 1 aliphatic rings. The molecule has 3 nitrogen and oxygen atoms in total. The van der Waals surface area contributed by atoms with E-state index < -0.39 is 0 Å². The highest BCUT2D eigenvalue weighted by Crippen LogP contribution is 2.19. The smallest absolute Gasteiger partial charge is 0.255 e. The molecule has 0 bridgehead atoms. The maximum Gasteiger partial charge on any atom is 0.255 e. The van der Waals surface area contributed by atoms with Gasteiger partial charge in [-0.2, -0.15) is 0 Å². The molecule has 0 unspecified atom stereocenters. The van der Waals surface area contributed by atoms with Gasteiger partial charge in [-0.25, -0.2) is 0 Å². The summed E-state index contributed by atoms with van der Waals surface area (Å²) in [6.07, 6.45) is 0. The molecular formula is C14H19BrN2O. The lowest BCUT2D eigenvalue weighted by molar-refractivity contribution is 0.0594. The van der Waals surface area contributed by atoms with Gasteiger partial charge in [-0.15, -0.1) is 0 Å². The van der Waals surface area contributed by atoms with E-state index in [1.807, 2.05) is 29.2 Å². The number of piperazine rings is 1. The average molecular weight is 311 g/mol. The summed E-state index contributed by atoms with van der Waals surface area (Å²) in [5.41, 5.74) is 0.760. The van der Waals surface area contributed by atoms with Gasteiger partial charge in [-0.3, -0.25) is 9.69 Å². The average Bonchev–Trinajstić information content (AvgIpc) is 2.38. The molecule has 0 atom stereocenters. The number of amides is 1. The summed E-state index contributed by atoms with van der Waals surface area (Å²) in [7, 11) is 0. The Kier molecular flexibility index (Phi) is 4.40. The quantitative estimate of drug-likeness (QED) is 0.838. The molecule has 0 spiro atoms. The number of carbonyl (C=O) groups is 1. The molecule has 2 rings (SSSR count). The van der Waals surface area contributed by atoms with Gasteiger partial charge in [0.05, 0.1) is 5.56 Å². The number of carbonyl (C=O) groups excluding carboxylic acids is 1. The molecule has 1 aromatic carbocycles. The molecule has 0 aliphatic carbocycles. The van der Waals surface area contributed by atoms with E-state index >= 15 is 0 Å². The number of nitrogens with zero attached hydrogens (tertiary/aromatic N) is 2. The Labute approximate surface area is 117 Å². The number of halogens is 1. The zero-order valence-electron chi connectivity index (χ0n) is 10.9. The second kappa shape index (κ2) is 5.85. The van der Waals surface area contributed by atoms with E-state index in [0.29, 0.717) is 6.04 Å². The van der Waals surface area contributed by atoms with E-state index in [4.69, 9.17) is 0 Å². The van der Waals surface area contributed by atoms with Crippen molar-refractivity contribution in [3.05, 3.63) is 34.3 Å². The first-order valence-electron chi connectivity index (χ1n) is 6.37. The predicted molar refractivity (Wildman–Crippen MR) is 76.8 cm³/mol. The van der Waals surface area contributed by atoms with E-state index in [-0.39, 0.29) is 5.91 Å². The molecule has 1 aliphatic heterocycles. The van der Waals surface area contributed by atoms with E-state index in [1.54, 1.807) is 0 Å². The minimum Gasteiger partial charge on any atom is -0.336 e. The van der Waals surface area contributed by atoms with Crippen molar-refractivity contribution in [2.75, 3.05) is 26.2 Å². The molecule has 0 N–H and O–H groups in total. The van der Waals surface area contributed by atoms with Crippen molar-refractivity contribution in [1.82, 2.24) is 9.80 Å². The number of rotatable bonds is 2. The summed E-state index contributed by atoms with van der Waals surface area (Å²) >= 11 is 3.44. The van der Waals surface area contributed by atoms with Crippen LogP contribution >= 0.6 is 15.9 Å². The largest absolute Gasteiger partial charge is 0.336 e. The zero-order chi connectivity index (χ0) is 13.1. The molecule has 1 aromatic rings. The van der Waals surface area contributed by atoms with Crippen LogP contribution in [0.1, 0.15) is 24.2 Å². The van der Waals surface area contributed by atoms with E-state index in [2.05, 4.69) is 34.7 Å². The van der Waals surface area contributed by atoms with E-state index in [1.165, 1.54) is 0 Å². The Morgan fingerprint density at radius 1 is 1.17 bits per heavy atom. The van der Waals surface area contributed by atoms with Crippen LogP contribution in [0.3, 0.4) is 0 Å². The molecule has 0 radical (unpaired) electrons. The normalized spacial score (nSPS) is 17.2. The first-order chi connectivity index (χ1) is 8.59. The third kappa shape index (κ3) is 2.93. The lowest BCUT2D eigenvalue weighted by Gasteiger charge is -2.37. The second-order valence-corrected chi connectivity index (χ2v) is 5.76. The summed E-state index contributed by atoms with van der Waals surface area (Å²) in [4.78, 5) is 16.7. The Morgan fingerprint density at radius 3 is 2.33 bits per heavy atom. The zero-order valence-corrected chi connectivity index (χ0v) is 12.5. The summed E-state index contributed by atoms with van der Waals surface area (Å²) in [5.74, 6) is 0.130. The van der Waals surface area contributed by atoms with Crippen LogP contribution < -0.4 is 0 Å². The number of benzene rings is 1. The molecular weight excluding hydrogens is 292 g/mol. The lowest BCUT2D eigenvalue weighted by Crippen LogP contribution is -2.50. The molecule has 18 heavy (non-hydrogen) atoms. The number of hydrogen-bond acceptors (Lipinski definition) is 2. The highest BCUT2D eigenvalue weighted by Gasteiger charge is 2.24. The van der Waals surface area contributed by atoms with Crippen molar-refractivity contribution in [3.63, 3.8) is 0 Å². The topological polar surface area (TPSA) is 23.6 Å². The predicted octanol–water partition coefficient (Wildman–Crippen LogP) is 2.62. The highest BCUT2D eigenvalue weighted by molar-refractivity contribution is 9.10. The van der Waals surface area contributed by atoms with Crippen LogP contribution in [0.5, 0.6) is 0 Å². The summed E-state index contributed by atoms with van der Waals surface area (Å²) < 4.78 is 0.876. The summed E-state index contributed by atoms with van der Waals surface area (Å²) in [6, 6.07) is 8.18. The van der Waals surface area contributed by atoms with Gasteiger partial charge in [0.1, 0.15) is 0 Å². The van der Waals surface area contributed by atoms with Gasteiger partial charge in [-0.1, -0.05) is 12.1 Å². The highest BCUT2D eigenvalue weighted by atomic mass is 79.9. The molecule has 0 aromatic heterocycles. The van der Waals surface area contributed by atoms with Gasteiger partial charge in [0.2, 0.25) is 0 Å². The Hall–Kier alpha value is -0.870. The minimum absolute atomic E-state index is 0.130. The summed E-state index contributed by atoms with van der Waals surface area (Å²) in [6.45, 7) is 7.97. The van der Waals surface area contributed by atoms with Crippen LogP contribution in [0.25, 0.3) is 0 Å². The molecule has 98 valence electrons. The maximum atomic E-state index is 12.4. The maximum absolute atomic E-state index is 12.4. The van der Waals surface area contributed by atoms with Crippen molar-refractivity contribution in [2.45, 2.75) is 19.9 Å². The summed E-state index contributed by atoms with van der Waals surface area (Å²) in [5, 5.41) is 0. The van der Waals surface area contributed by atoms with Gasteiger partial charge < -0.3 is 4.90 Å². The fourth-order valence-corrected chi connectivity index (χ4v) is 2.70. The Balaban J connectivity index is 2.02. The monoisotopic (exact) mass is 310 g/mol. The van der Waals surface area contributed by atoms with Crippen LogP contribution in [-0.4, -0.2) is 47.9 Å². The van der Waals surface area contributed by atoms with Crippen molar-refractivity contribution in [3.8, 4) is 0 Å². The SMILES string of the molecule is CC(C)N1CCN(C(=O)c2ccccc2Br)CC1. The molecule has 1 saturated heterocycles. The van der Waals surface area contributed by atoms with Gasteiger partial charge in [0.15, 0.2) is 0 Å². The van der Waals surface area contributed by atoms with Gasteiger partial charge in [0.25, 0.3) is 5.91 Å². The van der Waals surface area contributed by atoms with Crippen LogP contribution in [0, 0.1) is 0 Å². The third-order valence-corrected chi connectivity index (χ3v) is 4.13. The molecule has 1 heterocycles. The molecule has 1 amide bonds. The Morgan fingerprint density at radius 2 is 1.78 bits per heavy atom. The van der Waals surface area contributed by atoms with E-state index in [0.717, 1.165) is 36.2 Å². The minimum atomic E-state index is 0.130. The first-order valence-corrected chi connectivity index (χ1v) is 7.16. The van der Waals surface area contributed by atoms with Gasteiger partial charge >= 0.3 is 0 Å². The first kappa shape index (κ1) is 13.6. The Bertz CT molecular complexity index is 426. The van der Waals surface area contributed by atoms with Crippen LogP contribution in [0.4, 0.5) is 0 Å². The third-order valence-electron chi connectivity index (χ3n) is 3.44. The fourth-order valence-electron chi connectivity index (χ4n) is 2.25. The van der Waals surface area contributed by atoms with Crippen molar-refractivity contribution in [2.24, 2.45) is 0 Å². The van der Waals surface area contributed by atoms with Crippen molar-refractivity contribution in [1.29, 1.82) is 0 Å². The molecule has 0 saturated carbocycles. The molecule has 4 heteroatoms. The van der Waals surface area contributed by atoms with Gasteiger partial charge in [-0.05, 0) is 41.9 Å². The van der Waals surface area contributed by atoms with Crippen molar-refractivity contribution < 1.29 is 4.79 Å². The second-order valence-electron chi connectivity index (χ2n) is 4.90. The van der Waals surface area contributed by atoms with Gasteiger partial charge in [0, 0.05) is 36.7 Å². The van der Waals surface area contributed by atoms with Crippen LogP contribution in [0.2, 0.25) is 0 Å². The lowest BCUT2D eigenvalue weighted by atomic mass is 10.1. The standard InChI is InChI=1S/C14H19BrN2O/c1-11(2)16-7-9-17(10-8-16)14(18)12-5-3-4-6-13(12)15/h3-6,11H,7-10H2,1-2H3.